The maximum atomic E-state index is 11.6. The third-order valence-corrected chi connectivity index (χ3v) is 2.79. The van der Waals surface area contributed by atoms with Crippen LogP contribution in [-0.4, -0.2) is 50.7 Å². The molecule has 1 amide bonds. The normalized spacial score (nSPS) is 11.9. The Kier molecular flexibility index (Phi) is 10.2. The summed E-state index contributed by atoms with van der Waals surface area (Å²) in [5, 5.41) is 5.53. The SMILES string of the molecule is CCOC(=O)CCCNC(=O)CNC(C(=O)OC)C(C)C. The van der Waals surface area contributed by atoms with E-state index in [9.17, 15) is 14.4 Å². The molecule has 1 unspecified atom stereocenters. The number of hydrogen-bond donors (Lipinski definition) is 2. The first-order valence-electron chi connectivity index (χ1n) is 7.15. The van der Waals surface area contributed by atoms with Gasteiger partial charge in [0.25, 0.3) is 0 Å². The van der Waals surface area contributed by atoms with Crippen molar-refractivity contribution in [1.29, 1.82) is 0 Å². The van der Waals surface area contributed by atoms with Crippen molar-refractivity contribution in [3.8, 4) is 0 Å². The fourth-order valence-corrected chi connectivity index (χ4v) is 1.68. The Labute approximate surface area is 125 Å². The molecular weight excluding hydrogens is 276 g/mol. The molecule has 0 saturated heterocycles. The summed E-state index contributed by atoms with van der Waals surface area (Å²) in [6.07, 6.45) is 0.799. The molecule has 0 heterocycles. The zero-order valence-corrected chi connectivity index (χ0v) is 13.2. The minimum atomic E-state index is -0.514. The molecule has 122 valence electrons. The predicted molar refractivity (Wildman–Crippen MR) is 77.5 cm³/mol. The highest BCUT2D eigenvalue weighted by Crippen LogP contribution is 2.02. The van der Waals surface area contributed by atoms with Gasteiger partial charge in [-0.25, -0.2) is 0 Å². The van der Waals surface area contributed by atoms with Gasteiger partial charge in [0.1, 0.15) is 6.04 Å². The van der Waals surface area contributed by atoms with Gasteiger partial charge in [-0.15, -0.1) is 0 Å². The number of methoxy groups -OCH3 is 1. The first kappa shape index (κ1) is 19.4. The van der Waals surface area contributed by atoms with E-state index in [-0.39, 0.29) is 36.7 Å². The van der Waals surface area contributed by atoms with Crippen molar-refractivity contribution in [3.63, 3.8) is 0 Å². The molecule has 0 aromatic heterocycles. The van der Waals surface area contributed by atoms with Crippen LogP contribution in [0.3, 0.4) is 0 Å². The number of rotatable bonds is 10. The molecule has 0 spiro atoms. The molecule has 0 aliphatic carbocycles. The van der Waals surface area contributed by atoms with E-state index in [1.165, 1.54) is 7.11 Å². The summed E-state index contributed by atoms with van der Waals surface area (Å²) in [4.78, 5) is 34.2. The molecule has 0 fully saturated rings. The van der Waals surface area contributed by atoms with Gasteiger partial charge in [0, 0.05) is 13.0 Å². The second-order valence-corrected chi connectivity index (χ2v) is 4.88. The standard InChI is InChI=1S/C14H26N2O5/c1-5-21-12(18)7-6-8-15-11(17)9-16-13(10(2)3)14(19)20-4/h10,13,16H,5-9H2,1-4H3,(H,15,17). The predicted octanol–water partition coefficient (Wildman–Crippen LogP) is 0.233. The Balaban J connectivity index is 3.88. The molecule has 2 N–H and O–H groups in total. The molecule has 1 atom stereocenters. The summed E-state index contributed by atoms with van der Waals surface area (Å²) in [6, 6.07) is -0.514. The lowest BCUT2D eigenvalue weighted by atomic mass is 10.0. The van der Waals surface area contributed by atoms with Crippen molar-refractivity contribution in [3.05, 3.63) is 0 Å². The largest absolute Gasteiger partial charge is 0.468 e. The molecule has 0 aliphatic rings. The maximum absolute atomic E-state index is 11.6. The van der Waals surface area contributed by atoms with Gasteiger partial charge >= 0.3 is 11.9 Å². The summed E-state index contributed by atoms with van der Waals surface area (Å²) in [6.45, 7) is 6.26. The van der Waals surface area contributed by atoms with Crippen molar-refractivity contribution < 1.29 is 23.9 Å². The molecular formula is C14H26N2O5. The van der Waals surface area contributed by atoms with Crippen molar-refractivity contribution in [2.75, 3.05) is 26.8 Å². The van der Waals surface area contributed by atoms with E-state index in [0.717, 1.165) is 0 Å². The van der Waals surface area contributed by atoms with E-state index in [1.54, 1.807) is 6.92 Å². The fourth-order valence-electron chi connectivity index (χ4n) is 1.68. The Hall–Kier alpha value is -1.63. The molecule has 0 saturated carbocycles. The first-order chi connectivity index (χ1) is 9.92. The molecule has 7 nitrogen and oxygen atoms in total. The molecule has 0 aliphatic heterocycles. The van der Waals surface area contributed by atoms with Crippen LogP contribution >= 0.6 is 0 Å². The Bertz CT molecular complexity index is 344. The van der Waals surface area contributed by atoms with Crippen LogP contribution < -0.4 is 10.6 Å². The first-order valence-corrected chi connectivity index (χ1v) is 7.15. The lowest BCUT2D eigenvalue weighted by Gasteiger charge is -2.19. The van der Waals surface area contributed by atoms with Crippen LogP contribution in [0.4, 0.5) is 0 Å². The number of esters is 2. The Morgan fingerprint density at radius 2 is 1.86 bits per heavy atom. The molecule has 21 heavy (non-hydrogen) atoms. The van der Waals surface area contributed by atoms with Crippen LogP contribution in [0.5, 0.6) is 0 Å². The second kappa shape index (κ2) is 11.1. The van der Waals surface area contributed by atoms with Gasteiger partial charge in [0.15, 0.2) is 0 Å². The van der Waals surface area contributed by atoms with Crippen LogP contribution in [0.1, 0.15) is 33.6 Å². The number of nitrogens with one attached hydrogen (secondary N) is 2. The monoisotopic (exact) mass is 302 g/mol. The van der Waals surface area contributed by atoms with Gasteiger partial charge in [-0.2, -0.15) is 0 Å². The average Bonchev–Trinajstić information content (AvgIpc) is 2.43. The van der Waals surface area contributed by atoms with Gasteiger partial charge in [-0.05, 0) is 19.3 Å². The molecule has 7 heteroatoms. The van der Waals surface area contributed by atoms with E-state index in [4.69, 9.17) is 4.74 Å². The minimum Gasteiger partial charge on any atom is -0.468 e. The summed E-state index contributed by atoms with van der Waals surface area (Å²) >= 11 is 0. The number of carbonyl (C=O) groups excluding carboxylic acids is 3. The molecule has 0 bridgehead atoms. The topological polar surface area (TPSA) is 93.7 Å². The van der Waals surface area contributed by atoms with Crippen LogP contribution in [0.15, 0.2) is 0 Å². The van der Waals surface area contributed by atoms with E-state index < -0.39 is 6.04 Å². The van der Waals surface area contributed by atoms with Crippen LogP contribution in [-0.2, 0) is 23.9 Å². The smallest absolute Gasteiger partial charge is 0.323 e. The highest BCUT2D eigenvalue weighted by atomic mass is 16.5. The summed E-state index contributed by atoms with van der Waals surface area (Å²) in [5.41, 5.74) is 0. The third kappa shape index (κ3) is 9.01. The fraction of sp³-hybridized carbons (Fsp3) is 0.786. The summed E-state index contributed by atoms with van der Waals surface area (Å²) < 4.78 is 9.45. The number of amides is 1. The van der Waals surface area contributed by atoms with Crippen molar-refractivity contribution in [1.82, 2.24) is 10.6 Å². The Morgan fingerprint density at radius 3 is 2.38 bits per heavy atom. The van der Waals surface area contributed by atoms with E-state index >= 15 is 0 Å². The van der Waals surface area contributed by atoms with Crippen molar-refractivity contribution >= 4 is 17.8 Å². The molecule has 0 radical (unpaired) electrons. The summed E-state index contributed by atoms with van der Waals surface area (Å²) in [5.74, 6) is -0.863. The third-order valence-electron chi connectivity index (χ3n) is 2.79. The van der Waals surface area contributed by atoms with Gasteiger partial charge in [-0.1, -0.05) is 13.8 Å². The molecule has 0 aromatic rings. The van der Waals surface area contributed by atoms with Crippen LogP contribution in [0.25, 0.3) is 0 Å². The van der Waals surface area contributed by atoms with Gasteiger partial charge in [0.05, 0.1) is 20.3 Å². The maximum Gasteiger partial charge on any atom is 0.323 e. The number of carbonyl (C=O) groups is 3. The number of ether oxygens (including phenoxy) is 2. The average molecular weight is 302 g/mol. The number of hydrogen-bond acceptors (Lipinski definition) is 6. The van der Waals surface area contributed by atoms with Crippen LogP contribution in [0, 0.1) is 5.92 Å². The lowest BCUT2D eigenvalue weighted by Crippen LogP contribution is -2.46. The summed E-state index contributed by atoms with van der Waals surface area (Å²) in [7, 11) is 1.31. The van der Waals surface area contributed by atoms with Crippen molar-refractivity contribution in [2.45, 2.75) is 39.7 Å². The molecule has 0 aromatic carbocycles. The Morgan fingerprint density at radius 1 is 1.19 bits per heavy atom. The van der Waals surface area contributed by atoms with E-state index in [2.05, 4.69) is 15.4 Å². The minimum absolute atomic E-state index is 0.0223. The molecule has 0 rings (SSSR count). The van der Waals surface area contributed by atoms with Crippen molar-refractivity contribution in [2.24, 2.45) is 5.92 Å². The second-order valence-electron chi connectivity index (χ2n) is 4.88. The lowest BCUT2D eigenvalue weighted by molar-refractivity contribution is -0.145. The van der Waals surface area contributed by atoms with Gasteiger partial charge in [-0.3, -0.25) is 19.7 Å². The van der Waals surface area contributed by atoms with E-state index in [0.29, 0.717) is 19.6 Å². The highest BCUT2D eigenvalue weighted by molar-refractivity contribution is 5.80. The van der Waals surface area contributed by atoms with Gasteiger partial charge in [0.2, 0.25) is 5.91 Å². The van der Waals surface area contributed by atoms with Crippen LogP contribution in [0.2, 0.25) is 0 Å². The zero-order chi connectivity index (χ0) is 16.3. The zero-order valence-electron chi connectivity index (χ0n) is 13.2. The van der Waals surface area contributed by atoms with E-state index in [1.807, 2.05) is 13.8 Å². The van der Waals surface area contributed by atoms with Gasteiger partial charge < -0.3 is 14.8 Å². The highest BCUT2D eigenvalue weighted by Gasteiger charge is 2.22. The quantitative estimate of drug-likeness (QED) is 0.443.